The molecule has 0 radical (unpaired) electrons. The molecule has 1 N–H and O–H groups in total. The molecule has 1 aliphatic rings. The molecule has 1 heterocycles. The van der Waals surface area contributed by atoms with Gasteiger partial charge in [-0.1, -0.05) is 30.3 Å². The van der Waals surface area contributed by atoms with Gasteiger partial charge < -0.3 is 9.84 Å². The van der Waals surface area contributed by atoms with Crippen molar-refractivity contribution in [3.63, 3.8) is 0 Å². The predicted octanol–water partition coefficient (Wildman–Crippen LogP) is 3.01. The van der Waals surface area contributed by atoms with Crippen LogP contribution in [0.15, 0.2) is 42.5 Å². The van der Waals surface area contributed by atoms with Crippen molar-refractivity contribution in [2.45, 2.75) is 25.6 Å². The second-order valence-electron chi connectivity index (χ2n) is 5.86. The van der Waals surface area contributed by atoms with Gasteiger partial charge in [-0.2, -0.15) is 5.26 Å². The number of fused-ring (bicyclic) bond motifs is 1. The topological polar surface area (TPSA) is 56.5 Å². The molecule has 0 saturated carbocycles. The number of hydrogen-bond acceptors (Lipinski definition) is 4. The van der Waals surface area contributed by atoms with Crippen LogP contribution < -0.4 is 4.74 Å². The van der Waals surface area contributed by atoms with E-state index in [2.05, 4.69) is 17.0 Å². The molecule has 1 unspecified atom stereocenters. The molecule has 2 aromatic rings. The largest absolute Gasteiger partial charge is 0.495 e. The molecule has 2 aromatic carbocycles. The highest BCUT2D eigenvalue weighted by Gasteiger charge is 2.20. The van der Waals surface area contributed by atoms with Crippen LogP contribution in [0.5, 0.6) is 5.75 Å². The summed E-state index contributed by atoms with van der Waals surface area (Å²) in [5, 5.41) is 19.4. The number of rotatable bonds is 3. The Balaban J connectivity index is 1.80. The minimum absolute atomic E-state index is 0.397. The number of benzene rings is 2. The van der Waals surface area contributed by atoms with Crippen LogP contribution in [-0.4, -0.2) is 23.7 Å². The van der Waals surface area contributed by atoms with Gasteiger partial charge in [0.15, 0.2) is 0 Å². The number of nitriles is 1. The fourth-order valence-electron chi connectivity index (χ4n) is 3.10. The van der Waals surface area contributed by atoms with Crippen LogP contribution in [0.3, 0.4) is 0 Å². The Morgan fingerprint density at radius 1 is 1.30 bits per heavy atom. The Hall–Kier alpha value is -2.35. The summed E-state index contributed by atoms with van der Waals surface area (Å²) in [7, 11) is 1.58. The van der Waals surface area contributed by atoms with Crippen molar-refractivity contribution >= 4 is 0 Å². The van der Waals surface area contributed by atoms with Crippen molar-refractivity contribution in [1.29, 1.82) is 5.26 Å². The fourth-order valence-corrected chi connectivity index (χ4v) is 3.10. The molecule has 1 atom stereocenters. The summed E-state index contributed by atoms with van der Waals surface area (Å²) in [4.78, 5) is 2.32. The standard InChI is InChI=1S/C19H20N2O2/c1-23-19-10-14(6-7-15(19)11-20)12-21-9-8-18(22)17-5-3-2-4-16(17)13-21/h2-7,10,18,22H,8-9,12-13H2,1H3. The van der Waals surface area contributed by atoms with E-state index in [4.69, 9.17) is 10.00 Å². The van der Waals surface area contributed by atoms with E-state index in [0.29, 0.717) is 11.3 Å². The van der Waals surface area contributed by atoms with E-state index >= 15 is 0 Å². The second kappa shape index (κ2) is 6.82. The second-order valence-corrected chi connectivity index (χ2v) is 5.86. The Morgan fingerprint density at radius 3 is 2.91 bits per heavy atom. The van der Waals surface area contributed by atoms with Gasteiger partial charge in [0.05, 0.1) is 18.8 Å². The lowest BCUT2D eigenvalue weighted by Gasteiger charge is -2.21. The maximum absolute atomic E-state index is 10.3. The molecule has 0 aliphatic carbocycles. The van der Waals surface area contributed by atoms with E-state index in [1.165, 1.54) is 5.56 Å². The maximum atomic E-state index is 10.3. The van der Waals surface area contributed by atoms with Gasteiger partial charge in [-0.15, -0.1) is 0 Å². The van der Waals surface area contributed by atoms with Crippen LogP contribution in [0.4, 0.5) is 0 Å². The highest BCUT2D eigenvalue weighted by Crippen LogP contribution is 2.28. The highest BCUT2D eigenvalue weighted by atomic mass is 16.5. The lowest BCUT2D eigenvalue weighted by atomic mass is 10.0. The Bertz CT molecular complexity index is 736. The fraction of sp³-hybridized carbons (Fsp3) is 0.316. The van der Waals surface area contributed by atoms with Gasteiger partial charge in [0, 0.05) is 19.6 Å². The summed E-state index contributed by atoms with van der Waals surface area (Å²) in [5.41, 5.74) is 3.87. The SMILES string of the molecule is COc1cc(CN2CCC(O)c3ccccc3C2)ccc1C#N. The van der Waals surface area contributed by atoms with Gasteiger partial charge in [-0.05, 0) is 35.2 Å². The molecule has 0 bridgehead atoms. The molecular formula is C19H20N2O2. The van der Waals surface area contributed by atoms with Crippen molar-refractivity contribution in [2.75, 3.05) is 13.7 Å². The van der Waals surface area contributed by atoms with Crippen LogP contribution in [-0.2, 0) is 13.1 Å². The molecule has 0 amide bonds. The van der Waals surface area contributed by atoms with E-state index in [1.807, 2.05) is 30.3 Å². The van der Waals surface area contributed by atoms with Crippen LogP contribution in [0.25, 0.3) is 0 Å². The lowest BCUT2D eigenvalue weighted by molar-refractivity contribution is 0.149. The van der Waals surface area contributed by atoms with E-state index in [0.717, 1.165) is 37.2 Å². The number of aliphatic hydroxyl groups is 1. The first kappa shape index (κ1) is 15.5. The van der Waals surface area contributed by atoms with Gasteiger partial charge in [0.2, 0.25) is 0 Å². The number of methoxy groups -OCH3 is 1. The van der Waals surface area contributed by atoms with Crippen molar-refractivity contribution < 1.29 is 9.84 Å². The van der Waals surface area contributed by atoms with E-state index in [-0.39, 0.29) is 0 Å². The van der Waals surface area contributed by atoms with Gasteiger partial charge in [-0.25, -0.2) is 0 Å². The Labute approximate surface area is 136 Å². The molecular weight excluding hydrogens is 288 g/mol. The average molecular weight is 308 g/mol. The molecule has 118 valence electrons. The molecule has 4 heteroatoms. The summed E-state index contributed by atoms with van der Waals surface area (Å²) >= 11 is 0. The summed E-state index contributed by atoms with van der Waals surface area (Å²) < 4.78 is 5.28. The molecule has 23 heavy (non-hydrogen) atoms. The predicted molar refractivity (Wildman–Crippen MR) is 87.8 cm³/mol. The van der Waals surface area contributed by atoms with E-state index in [1.54, 1.807) is 13.2 Å². The first-order valence-corrected chi connectivity index (χ1v) is 7.76. The number of ether oxygens (including phenoxy) is 1. The quantitative estimate of drug-likeness (QED) is 0.947. The Morgan fingerprint density at radius 2 is 2.13 bits per heavy atom. The summed E-state index contributed by atoms with van der Waals surface area (Å²) in [6.07, 6.45) is 0.330. The smallest absolute Gasteiger partial charge is 0.136 e. The maximum Gasteiger partial charge on any atom is 0.136 e. The molecule has 0 saturated heterocycles. The summed E-state index contributed by atoms with van der Waals surface area (Å²) in [5.74, 6) is 0.611. The normalized spacial score (nSPS) is 17.9. The van der Waals surface area contributed by atoms with Gasteiger partial charge in [0.25, 0.3) is 0 Å². The van der Waals surface area contributed by atoms with Crippen molar-refractivity contribution in [3.8, 4) is 11.8 Å². The summed E-state index contributed by atoms with van der Waals surface area (Å²) in [6.45, 7) is 2.41. The third-order valence-corrected chi connectivity index (χ3v) is 4.32. The van der Waals surface area contributed by atoms with Crippen molar-refractivity contribution in [2.24, 2.45) is 0 Å². The third-order valence-electron chi connectivity index (χ3n) is 4.32. The first-order valence-electron chi connectivity index (χ1n) is 7.76. The average Bonchev–Trinajstić information content (AvgIpc) is 2.74. The number of aliphatic hydroxyl groups excluding tert-OH is 1. The van der Waals surface area contributed by atoms with E-state index < -0.39 is 6.10 Å². The lowest BCUT2D eigenvalue weighted by Crippen LogP contribution is -2.23. The monoisotopic (exact) mass is 308 g/mol. The van der Waals surface area contributed by atoms with Gasteiger partial charge in [0.1, 0.15) is 11.8 Å². The van der Waals surface area contributed by atoms with Gasteiger partial charge in [-0.3, -0.25) is 4.90 Å². The zero-order chi connectivity index (χ0) is 16.2. The highest BCUT2D eigenvalue weighted by molar-refractivity contribution is 5.45. The van der Waals surface area contributed by atoms with Crippen molar-refractivity contribution in [1.82, 2.24) is 4.90 Å². The van der Waals surface area contributed by atoms with Crippen LogP contribution >= 0.6 is 0 Å². The zero-order valence-electron chi connectivity index (χ0n) is 13.2. The molecule has 0 aromatic heterocycles. The number of nitrogens with zero attached hydrogens (tertiary/aromatic N) is 2. The van der Waals surface area contributed by atoms with E-state index in [9.17, 15) is 5.11 Å². The van der Waals surface area contributed by atoms with Crippen LogP contribution in [0.1, 0.15) is 34.8 Å². The zero-order valence-corrected chi connectivity index (χ0v) is 13.2. The number of hydrogen-bond donors (Lipinski definition) is 1. The van der Waals surface area contributed by atoms with Crippen LogP contribution in [0.2, 0.25) is 0 Å². The first-order chi connectivity index (χ1) is 11.2. The van der Waals surface area contributed by atoms with Crippen LogP contribution in [0, 0.1) is 11.3 Å². The summed E-state index contributed by atoms with van der Waals surface area (Å²) in [6, 6.07) is 15.9. The Kier molecular flexibility index (Phi) is 4.61. The molecule has 3 rings (SSSR count). The third kappa shape index (κ3) is 3.37. The molecule has 1 aliphatic heterocycles. The molecule has 0 fully saturated rings. The molecule has 0 spiro atoms. The minimum atomic E-state index is -0.397. The van der Waals surface area contributed by atoms with Crippen molar-refractivity contribution in [3.05, 3.63) is 64.7 Å². The minimum Gasteiger partial charge on any atom is -0.495 e. The van der Waals surface area contributed by atoms with Gasteiger partial charge >= 0.3 is 0 Å². The molecule has 4 nitrogen and oxygen atoms in total.